The monoisotopic (exact) mass is 336 g/mol. The summed E-state index contributed by atoms with van der Waals surface area (Å²) < 4.78 is 5.05. The van der Waals surface area contributed by atoms with Crippen LogP contribution in [0.3, 0.4) is 0 Å². The molecule has 0 aliphatic heterocycles. The molecule has 0 bridgehead atoms. The predicted octanol–water partition coefficient (Wildman–Crippen LogP) is 2.05. The van der Waals surface area contributed by atoms with Crippen molar-refractivity contribution in [2.45, 2.75) is 0 Å². The zero-order chi connectivity index (χ0) is 17.6. The van der Waals surface area contributed by atoms with E-state index < -0.39 is 0 Å². The number of methoxy groups -OCH3 is 1. The Morgan fingerprint density at radius 3 is 2.88 bits per heavy atom. The second-order valence-electron chi connectivity index (χ2n) is 5.10. The normalized spacial score (nSPS) is 10.3. The molecular formula is C17H16N6O2. The molecule has 1 aromatic carbocycles. The first-order chi connectivity index (χ1) is 12.2. The fraction of sp³-hybridized carbons (Fsp3) is 0.176. The molecule has 2 aromatic heterocycles. The van der Waals surface area contributed by atoms with E-state index in [-0.39, 0.29) is 18.2 Å². The summed E-state index contributed by atoms with van der Waals surface area (Å²) >= 11 is 0. The maximum Gasteiger partial charge on any atom is 0.252 e. The molecule has 3 N–H and O–H groups in total. The van der Waals surface area contributed by atoms with Crippen molar-refractivity contribution >= 4 is 28.1 Å². The number of hydrogen-bond donors (Lipinski definition) is 3. The Morgan fingerprint density at radius 1 is 1.24 bits per heavy atom. The number of aromatic nitrogens is 3. The fourth-order valence-electron chi connectivity index (χ4n) is 2.37. The largest absolute Gasteiger partial charge is 0.479 e. The molecule has 3 rings (SSSR count). The lowest BCUT2D eigenvalue weighted by Crippen LogP contribution is -2.06. The van der Waals surface area contributed by atoms with Gasteiger partial charge in [0.1, 0.15) is 11.9 Å². The van der Waals surface area contributed by atoms with Crippen molar-refractivity contribution in [1.29, 1.82) is 5.26 Å². The second kappa shape index (κ2) is 7.42. The van der Waals surface area contributed by atoms with E-state index in [1.165, 1.54) is 13.3 Å². The van der Waals surface area contributed by atoms with Crippen LogP contribution in [0.1, 0.15) is 5.69 Å². The van der Waals surface area contributed by atoms with E-state index in [4.69, 9.17) is 15.1 Å². The van der Waals surface area contributed by atoms with Gasteiger partial charge in [-0.25, -0.2) is 9.97 Å². The van der Waals surface area contributed by atoms with E-state index in [2.05, 4.69) is 25.6 Å². The van der Waals surface area contributed by atoms with Crippen molar-refractivity contribution in [2.75, 3.05) is 30.9 Å². The van der Waals surface area contributed by atoms with Crippen molar-refractivity contribution in [2.24, 2.45) is 0 Å². The summed E-state index contributed by atoms with van der Waals surface area (Å²) in [7, 11) is 1.43. The SMILES string of the molecule is COc1nc(Nc2cc3cccc(NCCO)c3cn2)cnc1C#N. The fourth-order valence-corrected chi connectivity index (χ4v) is 2.37. The van der Waals surface area contributed by atoms with Crippen LogP contribution in [0.2, 0.25) is 0 Å². The number of hydrogen-bond acceptors (Lipinski definition) is 8. The van der Waals surface area contributed by atoms with Crippen LogP contribution in [-0.2, 0) is 0 Å². The van der Waals surface area contributed by atoms with Gasteiger partial charge in [-0.3, -0.25) is 0 Å². The molecule has 8 nitrogen and oxygen atoms in total. The minimum atomic E-state index is 0.0582. The van der Waals surface area contributed by atoms with Crippen molar-refractivity contribution in [3.8, 4) is 11.9 Å². The van der Waals surface area contributed by atoms with Gasteiger partial charge in [-0.15, -0.1) is 0 Å². The van der Waals surface area contributed by atoms with E-state index in [0.29, 0.717) is 18.2 Å². The summed E-state index contributed by atoms with van der Waals surface area (Å²) in [5, 5.41) is 26.0. The maximum absolute atomic E-state index is 8.96. The maximum atomic E-state index is 8.96. The molecule has 8 heteroatoms. The Bertz CT molecular complexity index is 938. The lowest BCUT2D eigenvalue weighted by Gasteiger charge is -2.10. The molecule has 0 spiro atoms. The summed E-state index contributed by atoms with van der Waals surface area (Å²) in [5.41, 5.74) is 1.03. The van der Waals surface area contributed by atoms with Gasteiger partial charge < -0.3 is 20.5 Å². The molecule has 0 saturated carbocycles. The molecule has 0 amide bonds. The van der Waals surface area contributed by atoms with Crippen molar-refractivity contribution in [3.63, 3.8) is 0 Å². The topological polar surface area (TPSA) is 116 Å². The molecular weight excluding hydrogens is 320 g/mol. The molecule has 2 heterocycles. The molecule has 0 aliphatic carbocycles. The summed E-state index contributed by atoms with van der Waals surface area (Å²) in [4.78, 5) is 12.6. The zero-order valence-corrected chi connectivity index (χ0v) is 13.5. The van der Waals surface area contributed by atoms with E-state index >= 15 is 0 Å². The second-order valence-corrected chi connectivity index (χ2v) is 5.10. The molecule has 0 atom stereocenters. The number of nitriles is 1. The number of ether oxygens (including phenoxy) is 1. The van der Waals surface area contributed by atoms with Gasteiger partial charge in [-0.05, 0) is 17.5 Å². The summed E-state index contributed by atoms with van der Waals surface area (Å²) in [5.74, 6) is 1.17. The van der Waals surface area contributed by atoms with Crippen LogP contribution >= 0.6 is 0 Å². The van der Waals surface area contributed by atoms with Gasteiger partial charge in [0, 0.05) is 23.8 Å². The predicted molar refractivity (Wildman–Crippen MR) is 93.9 cm³/mol. The summed E-state index contributed by atoms with van der Waals surface area (Å²) in [6, 6.07) is 9.63. The number of aliphatic hydroxyl groups excluding tert-OH is 1. The van der Waals surface area contributed by atoms with Gasteiger partial charge in [0.15, 0.2) is 5.82 Å². The average molecular weight is 336 g/mol. The third-order valence-corrected chi connectivity index (χ3v) is 3.49. The first-order valence-corrected chi connectivity index (χ1v) is 7.57. The van der Waals surface area contributed by atoms with Crippen LogP contribution in [0.25, 0.3) is 10.8 Å². The standard InChI is InChI=1S/C17H16N6O2/c1-25-17-14(8-18)20-10-16(23-17)22-15-7-11-3-2-4-13(19-5-6-24)12(11)9-21-15/h2-4,7,9-10,19,24H,5-6H2,1H3,(H,21,22,23). The molecule has 0 aliphatic rings. The highest BCUT2D eigenvalue weighted by atomic mass is 16.5. The van der Waals surface area contributed by atoms with E-state index in [1.54, 1.807) is 6.20 Å². The van der Waals surface area contributed by atoms with Crippen LogP contribution in [0.4, 0.5) is 17.3 Å². The third-order valence-electron chi connectivity index (χ3n) is 3.49. The van der Waals surface area contributed by atoms with Crippen LogP contribution in [0.5, 0.6) is 5.88 Å². The molecule has 0 radical (unpaired) electrons. The number of nitrogens with zero attached hydrogens (tertiary/aromatic N) is 4. The molecule has 126 valence electrons. The summed E-state index contributed by atoms with van der Waals surface area (Å²) in [6.07, 6.45) is 3.19. The summed E-state index contributed by atoms with van der Waals surface area (Å²) in [6.45, 7) is 0.530. The lowest BCUT2D eigenvalue weighted by molar-refractivity contribution is 0.311. The smallest absolute Gasteiger partial charge is 0.252 e. The van der Waals surface area contributed by atoms with E-state index in [1.807, 2.05) is 30.3 Å². The molecule has 0 saturated heterocycles. The Hall–Kier alpha value is -3.44. The Kier molecular flexibility index (Phi) is 4.87. The van der Waals surface area contributed by atoms with Crippen molar-refractivity contribution in [3.05, 3.63) is 42.4 Å². The first kappa shape index (κ1) is 16.4. The number of aliphatic hydroxyl groups is 1. The molecule has 0 fully saturated rings. The lowest BCUT2D eigenvalue weighted by atomic mass is 10.1. The average Bonchev–Trinajstić information content (AvgIpc) is 2.66. The van der Waals surface area contributed by atoms with Gasteiger partial charge in [0.2, 0.25) is 5.69 Å². The first-order valence-electron chi connectivity index (χ1n) is 7.57. The number of fused-ring (bicyclic) bond motifs is 1. The highest BCUT2D eigenvalue weighted by Gasteiger charge is 2.09. The molecule has 0 unspecified atom stereocenters. The number of anilines is 3. The van der Waals surface area contributed by atoms with Gasteiger partial charge >= 0.3 is 0 Å². The number of nitrogens with one attached hydrogen (secondary N) is 2. The Morgan fingerprint density at radius 2 is 2.12 bits per heavy atom. The van der Waals surface area contributed by atoms with E-state index in [9.17, 15) is 0 Å². The Balaban J connectivity index is 1.89. The third kappa shape index (κ3) is 3.57. The number of benzene rings is 1. The highest BCUT2D eigenvalue weighted by molar-refractivity contribution is 5.94. The van der Waals surface area contributed by atoms with Gasteiger partial charge in [-0.1, -0.05) is 12.1 Å². The Labute approximate surface area is 144 Å². The van der Waals surface area contributed by atoms with Crippen LogP contribution in [0, 0.1) is 11.3 Å². The van der Waals surface area contributed by atoms with Gasteiger partial charge in [0.05, 0.1) is 19.9 Å². The number of rotatable bonds is 6. The van der Waals surface area contributed by atoms with Crippen LogP contribution in [0.15, 0.2) is 36.7 Å². The van der Waals surface area contributed by atoms with Crippen molar-refractivity contribution in [1.82, 2.24) is 15.0 Å². The minimum absolute atomic E-state index is 0.0582. The van der Waals surface area contributed by atoms with Crippen LogP contribution in [-0.4, -0.2) is 40.3 Å². The van der Waals surface area contributed by atoms with Gasteiger partial charge in [-0.2, -0.15) is 10.2 Å². The van der Waals surface area contributed by atoms with E-state index in [0.717, 1.165) is 16.5 Å². The van der Waals surface area contributed by atoms with Crippen molar-refractivity contribution < 1.29 is 9.84 Å². The highest BCUT2D eigenvalue weighted by Crippen LogP contribution is 2.26. The minimum Gasteiger partial charge on any atom is -0.479 e. The quantitative estimate of drug-likeness (QED) is 0.626. The molecule has 25 heavy (non-hydrogen) atoms. The van der Waals surface area contributed by atoms with Crippen LogP contribution < -0.4 is 15.4 Å². The van der Waals surface area contributed by atoms with Gasteiger partial charge in [0.25, 0.3) is 5.88 Å². The zero-order valence-electron chi connectivity index (χ0n) is 13.5. The molecule has 3 aromatic rings. The number of pyridine rings is 1.